The van der Waals surface area contributed by atoms with E-state index in [4.69, 9.17) is 9.73 Å². The van der Waals surface area contributed by atoms with Crippen LogP contribution in [0, 0.1) is 0 Å². The number of rotatable bonds is 3. The molecule has 2 saturated heterocycles. The normalized spacial score (nSPS) is 20.2. The fourth-order valence-electron chi connectivity index (χ4n) is 2.82. The van der Waals surface area contributed by atoms with E-state index >= 15 is 0 Å². The summed E-state index contributed by atoms with van der Waals surface area (Å²) in [6.45, 7) is 6.71. The van der Waals surface area contributed by atoms with Crippen LogP contribution in [0.15, 0.2) is 29.3 Å². The van der Waals surface area contributed by atoms with E-state index < -0.39 is 0 Å². The maximum atomic E-state index is 5.42. The summed E-state index contributed by atoms with van der Waals surface area (Å²) in [4.78, 5) is 11.8. The maximum Gasteiger partial charge on any atom is 0.201 e. The third kappa shape index (κ3) is 3.36. The highest BCUT2D eigenvalue weighted by molar-refractivity contribution is 5.84. The molecule has 2 fully saturated rings. The molecule has 2 heterocycles. The van der Waals surface area contributed by atoms with E-state index in [2.05, 4.69) is 53.1 Å². The van der Waals surface area contributed by atoms with Crippen LogP contribution in [0.2, 0.25) is 0 Å². The minimum atomic E-state index is 0.835. The van der Waals surface area contributed by atoms with E-state index in [1.165, 1.54) is 5.56 Å². The Labute approximate surface area is 126 Å². The summed E-state index contributed by atoms with van der Waals surface area (Å²) in [5.41, 5.74) is 2.38. The maximum absolute atomic E-state index is 5.42. The average Bonchev–Trinajstić information content (AvgIpc) is 2.82. The molecule has 114 valence electrons. The predicted molar refractivity (Wildman–Crippen MR) is 84.9 cm³/mol. The van der Waals surface area contributed by atoms with E-state index in [0.717, 1.165) is 57.6 Å². The van der Waals surface area contributed by atoms with Gasteiger partial charge >= 0.3 is 0 Å². The highest BCUT2D eigenvalue weighted by atomic mass is 16.5. The van der Waals surface area contributed by atoms with E-state index in [1.54, 1.807) is 0 Å². The highest BCUT2D eigenvalue weighted by Crippen LogP contribution is 2.22. The first-order valence-electron chi connectivity index (χ1n) is 7.63. The van der Waals surface area contributed by atoms with Crippen molar-refractivity contribution in [2.75, 3.05) is 53.5 Å². The van der Waals surface area contributed by atoms with Crippen LogP contribution >= 0.6 is 0 Å². The van der Waals surface area contributed by atoms with Crippen LogP contribution in [0.1, 0.15) is 5.56 Å². The van der Waals surface area contributed by atoms with Crippen molar-refractivity contribution in [1.29, 1.82) is 0 Å². The zero-order chi connectivity index (χ0) is 14.7. The lowest BCUT2D eigenvalue weighted by atomic mass is 10.1. The number of aliphatic imine (C=N–C) groups is 1. The lowest BCUT2D eigenvalue weighted by Crippen LogP contribution is -2.35. The molecule has 0 aromatic heterocycles. The van der Waals surface area contributed by atoms with Crippen molar-refractivity contribution < 1.29 is 4.74 Å². The van der Waals surface area contributed by atoms with Crippen LogP contribution in [0.3, 0.4) is 0 Å². The Kier molecular flexibility index (Phi) is 4.41. The van der Waals surface area contributed by atoms with Gasteiger partial charge in [-0.1, -0.05) is 18.2 Å². The topological polar surface area (TPSA) is 31.3 Å². The van der Waals surface area contributed by atoms with Gasteiger partial charge in [0.1, 0.15) is 0 Å². The quantitative estimate of drug-likeness (QED) is 0.841. The molecule has 0 atom stereocenters. The molecule has 0 amide bonds. The summed E-state index contributed by atoms with van der Waals surface area (Å²) in [5, 5.41) is 0. The predicted octanol–water partition coefficient (Wildman–Crippen LogP) is 1.38. The molecule has 0 aliphatic carbocycles. The third-order valence-electron chi connectivity index (χ3n) is 4.16. The van der Waals surface area contributed by atoms with Crippen LogP contribution in [0.25, 0.3) is 0 Å². The zero-order valence-electron chi connectivity index (χ0n) is 13.0. The van der Waals surface area contributed by atoms with Crippen molar-refractivity contribution in [3.8, 4) is 0 Å². The van der Waals surface area contributed by atoms with Crippen molar-refractivity contribution in [1.82, 2.24) is 14.7 Å². The minimum absolute atomic E-state index is 0.835. The molecule has 2 aliphatic heterocycles. The Morgan fingerprint density at radius 3 is 2.38 bits per heavy atom. The number of hydrogen-bond donors (Lipinski definition) is 0. The van der Waals surface area contributed by atoms with Crippen LogP contribution in [-0.2, 0) is 11.3 Å². The smallest absolute Gasteiger partial charge is 0.201 e. The van der Waals surface area contributed by atoms with Crippen molar-refractivity contribution in [2.24, 2.45) is 4.99 Å². The molecular weight excluding hydrogens is 264 g/mol. The molecule has 1 aromatic carbocycles. The fourth-order valence-corrected chi connectivity index (χ4v) is 2.82. The van der Waals surface area contributed by atoms with E-state index in [9.17, 15) is 0 Å². The van der Waals surface area contributed by atoms with Crippen LogP contribution < -0.4 is 0 Å². The van der Waals surface area contributed by atoms with Crippen molar-refractivity contribution in [3.63, 3.8) is 0 Å². The molecule has 5 nitrogen and oxygen atoms in total. The number of ether oxygens (including phenoxy) is 1. The Morgan fingerprint density at radius 1 is 1.00 bits per heavy atom. The van der Waals surface area contributed by atoms with Gasteiger partial charge in [-0.2, -0.15) is 0 Å². The van der Waals surface area contributed by atoms with Gasteiger partial charge in [-0.05, 0) is 11.6 Å². The molecule has 5 heteroatoms. The van der Waals surface area contributed by atoms with Gasteiger partial charge in [0.25, 0.3) is 0 Å². The molecule has 0 bridgehead atoms. The van der Waals surface area contributed by atoms with E-state index in [1.807, 2.05) is 0 Å². The summed E-state index contributed by atoms with van der Waals surface area (Å²) in [5.74, 6) is 1.06. The van der Waals surface area contributed by atoms with Crippen LogP contribution in [0.4, 0.5) is 5.69 Å². The van der Waals surface area contributed by atoms with E-state index in [-0.39, 0.29) is 0 Å². The Bertz CT molecular complexity index is 499. The number of likely N-dealkylation sites (N-methyl/N-ethyl adjacent to an activating group) is 2. The van der Waals surface area contributed by atoms with Gasteiger partial charge in [0.05, 0.1) is 18.9 Å². The summed E-state index contributed by atoms with van der Waals surface area (Å²) >= 11 is 0. The molecular formula is C16H24N4O. The monoisotopic (exact) mass is 288 g/mol. The zero-order valence-corrected chi connectivity index (χ0v) is 13.0. The second-order valence-corrected chi connectivity index (χ2v) is 5.77. The van der Waals surface area contributed by atoms with Crippen LogP contribution in [-0.4, -0.2) is 74.1 Å². The Balaban J connectivity index is 1.80. The molecule has 3 rings (SSSR count). The standard InChI is InChI=1S/C16H24N4O/c1-18-7-8-19(2)16(18)17-15-6-4-3-5-14(15)13-20-9-11-21-12-10-20/h3-6H,7-13H2,1-2H3. The van der Waals surface area contributed by atoms with Crippen LogP contribution in [0.5, 0.6) is 0 Å². The van der Waals surface area contributed by atoms with Gasteiger partial charge in [-0.15, -0.1) is 0 Å². The molecule has 0 unspecified atom stereocenters. The largest absolute Gasteiger partial charge is 0.379 e. The van der Waals surface area contributed by atoms with Gasteiger partial charge in [0.2, 0.25) is 5.96 Å². The van der Waals surface area contributed by atoms with Gasteiger partial charge in [0, 0.05) is 46.8 Å². The lowest BCUT2D eigenvalue weighted by molar-refractivity contribution is 0.0342. The fraction of sp³-hybridized carbons (Fsp3) is 0.562. The molecule has 21 heavy (non-hydrogen) atoms. The molecule has 0 saturated carbocycles. The first-order chi connectivity index (χ1) is 10.2. The number of guanidine groups is 1. The number of benzene rings is 1. The highest BCUT2D eigenvalue weighted by Gasteiger charge is 2.20. The molecule has 0 N–H and O–H groups in total. The number of nitrogens with zero attached hydrogens (tertiary/aromatic N) is 4. The molecule has 0 radical (unpaired) electrons. The third-order valence-corrected chi connectivity index (χ3v) is 4.16. The molecule has 2 aliphatic rings. The van der Waals surface area contributed by atoms with Crippen molar-refractivity contribution >= 4 is 11.6 Å². The number of hydrogen-bond acceptors (Lipinski definition) is 3. The average molecular weight is 288 g/mol. The SMILES string of the molecule is CN1CCN(C)C1=Nc1ccccc1CN1CCOCC1. The summed E-state index contributed by atoms with van der Waals surface area (Å²) in [6.07, 6.45) is 0. The Morgan fingerprint density at radius 2 is 1.67 bits per heavy atom. The summed E-state index contributed by atoms with van der Waals surface area (Å²) in [7, 11) is 4.21. The first-order valence-corrected chi connectivity index (χ1v) is 7.63. The second-order valence-electron chi connectivity index (χ2n) is 5.77. The lowest BCUT2D eigenvalue weighted by Gasteiger charge is -2.27. The second kappa shape index (κ2) is 6.45. The number of morpholine rings is 1. The number of para-hydroxylation sites is 1. The van der Waals surface area contributed by atoms with Gasteiger partial charge in [0.15, 0.2) is 0 Å². The molecule has 1 aromatic rings. The van der Waals surface area contributed by atoms with Crippen molar-refractivity contribution in [3.05, 3.63) is 29.8 Å². The van der Waals surface area contributed by atoms with E-state index in [0.29, 0.717) is 0 Å². The first kappa shape index (κ1) is 14.4. The summed E-state index contributed by atoms with van der Waals surface area (Å²) in [6, 6.07) is 8.46. The van der Waals surface area contributed by atoms with Gasteiger partial charge < -0.3 is 14.5 Å². The minimum Gasteiger partial charge on any atom is -0.379 e. The van der Waals surface area contributed by atoms with Crippen molar-refractivity contribution in [2.45, 2.75) is 6.54 Å². The van der Waals surface area contributed by atoms with Gasteiger partial charge in [-0.25, -0.2) is 4.99 Å². The van der Waals surface area contributed by atoms with Gasteiger partial charge in [-0.3, -0.25) is 4.90 Å². The molecule has 0 spiro atoms. The Hall–Kier alpha value is -1.59. The summed E-state index contributed by atoms with van der Waals surface area (Å²) < 4.78 is 5.42.